The maximum absolute atomic E-state index is 11.7. The molecule has 7 nitrogen and oxygen atoms in total. The Morgan fingerprint density at radius 3 is 1.81 bits per heavy atom. The van der Waals surface area contributed by atoms with Gasteiger partial charge in [-0.15, -0.1) is 0 Å². The van der Waals surface area contributed by atoms with Crippen molar-refractivity contribution < 1.29 is 24.0 Å². The summed E-state index contributed by atoms with van der Waals surface area (Å²) >= 11 is 0. The van der Waals surface area contributed by atoms with Crippen molar-refractivity contribution in [2.45, 2.75) is 0 Å². The van der Waals surface area contributed by atoms with E-state index in [1.54, 1.807) is 0 Å². The zero-order valence-corrected chi connectivity index (χ0v) is 11.1. The summed E-state index contributed by atoms with van der Waals surface area (Å²) in [6.45, 7) is 6.68. The fourth-order valence-corrected chi connectivity index (χ4v) is 1.39. The molecular weight excluding hydrogens is 278 g/mol. The van der Waals surface area contributed by atoms with Crippen molar-refractivity contribution in [3.05, 3.63) is 64.8 Å². The van der Waals surface area contributed by atoms with Crippen LogP contribution in [0.2, 0.25) is 0 Å². The third kappa shape index (κ3) is 4.57. The van der Waals surface area contributed by atoms with Gasteiger partial charge in [-0.3, -0.25) is 10.1 Å². The van der Waals surface area contributed by atoms with E-state index in [1.165, 1.54) is 18.2 Å². The van der Waals surface area contributed by atoms with Crippen molar-refractivity contribution in [1.82, 2.24) is 0 Å². The second-order valence-electron chi connectivity index (χ2n) is 3.80. The minimum Gasteiger partial charge on any atom is -0.458 e. The molecule has 110 valence electrons. The lowest BCUT2D eigenvalue weighted by Crippen LogP contribution is -2.10. The molecule has 0 heterocycles. The van der Waals surface area contributed by atoms with Crippen LogP contribution >= 0.6 is 0 Å². The van der Waals surface area contributed by atoms with E-state index in [-0.39, 0.29) is 24.3 Å². The van der Waals surface area contributed by atoms with E-state index in [2.05, 4.69) is 13.2 Å². The second-order valence-corrected chi connectivity index (χ2v) is 3.80. The molecule has 0 bridgehead atoms. The van der Waals surface area contributed by atoms with Crippen molar-refractivity contribution in [3.63, 3.8) is 0 Å². The molecule has 0 amide bonds. The summed E-state index contributed by atoms with van der Waals surface area (Å²) in [6, 6.07) is 3.22. The van der Waals surface area contributed by atoms with Gasteiger partial charge < -0.3 is 9.47 Å². The molecule has 0 fully saturated rings. The van der Waals surface area contributed by atoms with E-state index in [4.69, 9.17) is 9.47 Å². The molecule has 0 aliphatic carbocycles. The van der Waals surface area contributed by atoms with Crippen LogP contribution < -0.4 is 0 Å². The molecule has 0 unspecified atom stereocenters. The van der Waals surface area contributed by atoms with Crippen LogP contribution in [0.5, 0.6) is 0 Å². The molecule has 0 aliphatic heterocycles. The molecule has 1 aromatic rings. The van der Waals surface area contributed by atoms with Crippen molar-refractivity contribution in [2.75, 3.05) is 13.2 Å². The Hall–Kier alpha value is -2.96. The first-order chi connectivity index (χ1) is 9.99. The largest absolute Gasteiger partial charge is 0.458 e. The van der Waals surface area contributed by atoms with Crippen LogP contribution in [0.15, 0.2) is 43.5 Å². The Bertz CT molecular complexity index is 551. The van der Waals surface area contributed by atoms with Gasteiger partial charge in [-0.25, -0.2) is 9.59 Å². The van der Waals surface area contributed by atoms with Crippen LogP contribution in [-0.4, -0.2) is 30.1 Å². The van der Waals surface area contributed by atoms with Gasteiger partial charge >= 0.3 is 11.9 Å². The van der Waals surface area contributed by atoms with Gasteiger partial charge in [0.2, 0.25) is 0 Å². The normalized spacial score (nSPS) is 9.52. The van der Waals surface area contributed by atoms with E-state index in [0.717, 1.165) is 12.1 Å². The van der Waals surface area contributed by atoms with Gasteiger partial charge in [0, 0.05) is 12.1 Å². The molecule has 0 saturated heterocycles. The number of nitrogens with zero attached hydrogens (tertiary/aromatic N) is 1. The Balaban J connectivity index is 3.13. The number of ether oxygens (including phenoxy) is 2. The summed E-state index contributed by atoms with van der Waals surface area (Å²) in [7, 11) is 0. The highest BCUT2D eigenvalue weighted by Crippen LogP contribution is 2.19. The molecule has 0 saturated carbocycles. The summed E-state index contributed by atoms with van der Waals surface area (Å²) < 4.78 is 9.56. The summed E-state index contributed by atoms with van der Waals surface area (Å²) in [6.07, 6.45) is 2.71. The molecule has 0 radical (unpaired) electrons. The standard InChI is InChI=1S/C14H13NO6/c1-3-5-20-13(16)10-7-11(14(17)21-6-4-2)9-12(8-10)15(18)19/h3-4,7-9H,1-2,5-6H2. The van der Waals surface area contributed by atoms with Gasteiger partial charge in [0.05, 0.1) is 16.1 Å². The number of rotatable bonds is 7. The van der Waals surface area contributed by atoms with E-state index in [9.17, 15) is 19.7 Å². The molecule has 0 spiro atoms. The first-order valence-corrected chi connectivity index (χ1v) is 5.85. The van der Waals surface area contributed by atoms with Gasteiger partial charge in [-0.2, -0.15) is 0 Å². The van der Waals surface area contributed by atoms with Crippen LogP contribution in [0.1, 0.15) is 20.7 Å². The number of hydrogen-bond acceptors (Lipinski definition) is 6. The predicted octanol–water partition coefficient (Wildman–Crippen LogP) is 2.28. The Kier molecular flexibility index (Phi) is 5.81. The number of esters is 2. The number of carbonyl (C=O) groups is 2. The van der Waals surface area contributed by atoms with Gasteiger partial charge in [0.25, 0.3) is 5.69 Å². The summed E-state index contributed by atoms with van der Waals surface area (Å²) in [4.78, 5) is 33.5. The molecule has 0 aromatic heterocycles. The highest BCUT2D eigenvalue weighted by Gasteiger charge is 2.19. The SMILES string of the molecule is C=CCOC(=O)c1cc(C(=O)OCC=C)cc([N+](=O)[O-])c1. The van der Waals surface area contributed by atoms with Crippen LogP contribution in [0.3, 0.4) is 0 Å². The maximum atomic E-state index is 11.7. The zero-order chi connectivity index (χ0) is 15.8. The van der Waals surface area contributed by atoms with Gasteiger partial charge in [-0.1, -0.05) is 25.3 Å². The number of benzene rings is 1. The number of non-ortho nitro benzene ring substituents is 1. The lowest BCUT2D eigenvalue weighted by Gasteiger charge is -2.05. The number of nitro groups is 1. The highest BCUT2D eigenvalue weighted by molar-refractivity contribution is 5.96. The van der Waals surface area contributed by atoms with Crippen molar-refractivity contribution >= 4 is 17.6 Å². The lowest BCUT2D eigenvalue weighted by molar-refractivity contribution is -0.384. The van der Waals surface area contributed by atoms with E-state index >= 15 is 0 Å². The summed E-state index contributed by atoms with van der Waals surface area (Å²) in [5.74, 6) is -1.59. The van der Waals surface area contributed by atoms with Crippen LogP contribution in [0.4, 0.5) is 5.69 Å². The maximum Gasteiger partial charge on any atom is 0.338 e. The average molecular weight is 291 g/mol. The topological polar surface area (TPSA) is 95.7 Å². The first-order valence-electron chi connectivity index (χ1n) is 5.85. The average Bonchev–Trinajstić information content (AvgIpc) is 2.49. The van der Waals surface area contributed by atoms with Gasteiger partial charge in [0.15, 0.2) is 0 Å². The lowest BCUT2D eigenvalue weighted by atomic mass is 10.1. The molecule has 0 N–H and O–H groups in total. The first kappa shape index (κ1) is 16.1. The highest BCUT2D eigenvalue weighted by atomic mass is 16.6. The van der Waals surface area contributed by atoms with E-state index in [0.29, 0.717) is 0 Å². The van der Waals surface area contributed by atoms with Crippen LogP contribution in [-0.2, 0) is 9.47 Å². The minimum absolute atomic E-state index is 0.0439. The fraction of sp³-hybridized carbons (Fsp3) is 0.143. The summed E-state index contributed by atoms with van der Waals surface area (Å²) in [5.41, 5.74) is -0.637. The second kappa shape index (κ2) is 7.59. The molecule has 7 heteroatoms. The molecular formula is C14H13NO6. The molecule has 1 aromatic carbocycles. The smallest absolute Gasteiger partial charge is 0.338 e. The van der Waals surface area contributed by atoms with Crippen molar-refractivity contribution in [1.29, 1.82) is 0 Å². The molecule has 0 aliphatic rings. The molecule has 0 atom stereocenters. The Labute approximate surface area is 120 Å². The molecule has 21 heavy (non-hydrogen) atoms. The number of nitro benzene ring substituents is 1. The van der Waals surface area contributed by atoms with Crippen molar-refractivity contribution in [3.8, 4) is 0 Å². The Morgan fingerprint density at radius 1 is 1.05 bits per heavy atom. The summed E-state index contributed by atoms with van der Waals surface area (Å²) in [5, 5.41) is 10.8. The van der Waals surface area contributed by atoms with Crippen molar-refractivity contribution in [2.24, 2.45) is 0 Å². The van der Waals surface area contributed by atoms with Gasteiger partial charge in [-0.05, 0) is 6.07 Å². The number of hydrogen-bond donors (Lipinski definition) is 0. The van der Waals surface area contributed by atoms with E-state index in [1.807, 2.05) is 0 Å². The van der Waals surface area contributed by atoms with E-state index < -0.39 is 22.5 Å². The number of carbonyl (C=O) groups excluding carboxylic acids is 2. The third-order valence-electron chi connectivity index (χ3n) is 2.26. The van der Waals surface area contributed by atoms with Gasteiger partial charge in [0.1, 0.15) is 13.2 Å². The monoisotopic (exact) mass is 291 g/mol. The van der Waals surface area contributed by atoms with Crippen LogP contribution in [0.25, 0.3) is 0 Å². The predicted molar refractivity (Wildman–Crippen MR) is 74.1 cm³/mol. The molecule has 1 rings (SSSR count). The zero-order valence-electron chi connectivity index (χ0n) is 11.1. The van der Waals surface area contributed by atoms with Crippen LogP contribution in [0, 0.1) is 10.1 Å². The Morgan fingerprint density at radius 2 is 1.48 bits per heavy atom. The quantitative estimate of drug-likeness (QED) is 0.331. The fourth-order valence-electron chi connectivity index (χ4n) is 1.39. The minimum atomic E-state index is -0.795. The third-order valence-corrected chi connectivity index (χ3v) is 2.26.